The normalized spacial score (nSPS) is 11.1. The maximum absolute atomic E-state index is 13.6. The molecule has 0 bridgehead atoms. The van der Waals surface area contributed by atoms with Gasteiger partial charge in [0.2, 0.25) is 0 Å². The summed E-state index contributed by atoms with van der Waals surface area (Å²) < 4.78 is 50.5. The van der Waals surface area contributed by atoms with Gasteiger partial charge >= 0.3 is 0 Å². The number of hydrogen-bond acceptors (Lipinski definition) is 3. The number of benzene rings is 2. The molecule has 0 aromatic heterocycles. The molecule has 0 saturated carbocycles. The molecule has 0 N–H and O–H groups in total. The molecule has 0 atom stereocenters. The Balaban J connectivity index is 2.38. The number of nitriles is 1. The molecule has 0 fully saturated rings. The van der Waals surface area contributed by atoms with Gasteiger partial charge in [0.15, 0.2) is 9.84 Å². The summed E-state index contributed by atoms with van der Waals surface area (Å²) in [6.45, 7) is 0. The van der Waals surface area contributed by atoms with E-state index in [-0.39, 0.29) is 16.0 Å². The molecule has 102 valence electrons. The fraction of sp³-hybridized carbons (Fsp3) is 0.0714. The highest BCUT2D eigenvalue weighted by Crippen LogP contribution is 2.19. The first-order valence-electron chi connectivity index (χ1n) is 5.59. The van der Waals surface area contributed by atoms with Crippen molar-refractivity contribution in [3.63, 3.8) is 0 Å². The Bertz CT molecular complexity index is 778. The van der Waals surface area contributed by atoms with Gasteiger partial charge in [-0.05, 0) is 42.5 Å². The largest absolute Gasteiger partial charge is 0.223 e. The van der Waals surface area contributed by atoms with Gasteiger partial charge in [0.25, 0.3) is 0 Å². The van der Waals surface area contributed by atoms with E-state index in [2.05, 4.69) is 0 Å². The van der Waals surface area contributed by atoms with Crippen LogP contribution in [-0.2, 0) is 15.6 Å². The van der Waals surface area contributed by atoms with Crippen LogP contribution < -0.4 is 0 Å². The van der Waals surface area contributed by atoms with Crippen molar-refractivity contribution >= 4 is 9.84 Å². The molecule has 0 unspecified atom stereocenters. The van der Waals surface area contributed by atoms with Crippen molar-refractivity contribution in [2.45, 2.75) is 10.6 Å². The molecule has 2 rings (SSSR count). The molecule has 0 aliphatic rings. The summed E-state index contributed by atoms with van der Waals surface area (Å²) in [5, 5.41) is 8.74. The predicted octanol–water partition coefficient (Wildman–Crippen LogP) is 2.81. The number of halogens is 2. The zero-order valence-electron chi connectivity index (χ0n) is 10.2. The van der Waals surface area contributed by atoms with E-state index in [9.17, 15) is 17.2 Å². The Hall–Kier alpha value is -2.26. The van der Waals surface area contributed by atoms with Crippen molar-refractivity contribution in [3.8, 4) is 6.07 Å². The zero-order valence-corrected chi connectivity index (χ0v) is 11.0. The van der Waals surface area contributed by atoms with Crippen LogP contribution in [0.2, 0.25) is 0 Å². The SMILES string of the molecule is N#Cc1ccc(F)c(CS(=O)(=O)c2ccc(F)cc2)c1. The van der Waals surface area contributed by atoms with Crippen LogP contribution in [0.5, 0.6) is 0 Å². The van der Waals surface area contributed by atoms with Crippen molar-refractivity contribution in [2.75, 3.05) is 0 Å². The Labute approximate surface area is 115 Å². The number of sulfone groups is 1. The Kier molecular flexibility index (Phi) is 3.81. The third-order valence-corrected chi connectivity index (χ3v) is 4.37. The number of nitrogens with zero attached hydrogens (tertiary/aromatic N) is 1. The van der Waals surface area contributed by atoms with Gasteiger partial charge in [-0.2, -0.15) is 5.26 Å². The zero-order chi connectivity index (χ0) is 14.8. The topological polar surface area (TPSA) is 57.9 Å². The van der Waals surface area contributed by atoms with Gasteiger partial charge in [-0.1, -0.05) is 0 Å². The average molecular weight is 293 g/mol. The van der Waals surface area contributed by atoms with E-state index >= 15 is 0 Å². The second kappa shape index (κ2) is 5.39. The van der Waals surface area contributed by atoms with Crippen LogP contribution in [0.25, 0.3) is 0 Å². The minimum absolute atomic E-state index is 0.0895. The van der Waals surface area contributed by atoms with E-state index in [4.69, 9.17) is 5.26 Å². The molecule has 0 heterocycles. The van der Waals surface area contributed by atoms with Gasteiger partial charge in [-0.3, -0.25) is 0 Å². The minimum atomic E-state index is -3.79. The smallest absolute Gasteiger partial charge is 0.182 e. The summed E-state index contributed by atoms with van der Waals surface area (Å²) in [5.41, 5.74) is 0.0871. The maximum Gasteiger partial charge on any atom is 0.182 e. The second-order valence-corrected chi connectivity index (χ2v) is 6.12. The molecule has 2 aromatic rings. The minimum Gasteiger partial charge on any atom is -0.223 e. The lowest BCUT2D eigenvalue weighted by Crippen LogP contribution is -2.07. The monoisotopic (exact) mass is 293 g/mol. The molecule has 0 aliphatic heterocycles. The lowest BCUT2D eigenvalue weighted by atomic mass is 10.1. The van der Waals surface area contributed by atoms with Crippen LogP contribution in [0.3, 0.4) is 0 Å². The van der Waals surface area contributed by atoms with Crippen molar-refractivity contribution in [1.29, 1.82) is 5.26 Å². The highest BCUT2D eigenvalue weighted by Gasteiger charge is 2.18. The molecule has 6 heteroatoms. The molecular weight excluding hydrogens is 284 g/mol. The summed E-state index contributed by atoms with van der Waals surface area (Å²) in [5.74, 6) is -1.84. The summed E-state index contributed by atoms with van der Waals surface area (Å²) in [6.07, 6.45) is 0. The molecular formula is C14H9F2NO2S. The Morgan fingerprint density at radius 2 is 1.70 bits per heavy atom. The molecule has 0 amide bonds. The highest BCUT2D eigenvalue weighted by molar-refractivity contribution is 7.90. The van der Waals surface area contributed by atoms with Gasteiger partial charge in [-0.25, -0.2) is 17.2 Å². The third kappa shape index (κ3) is 3.00. The molecule has 3 nitrogen and oxygen atoms in total. The van der Waals surface area contributed by atoms with Crippen LogP contribution in [0, 0.1) is 23.0 Å². The van der Waals surface area contributed by atoms with Crippen LogP contribution in [0.1, 0.15) is 11.1 Å². The van der Waals surface area contributed by atoms with Crippen LogP contribution >= 0.6 is 0 Å². The molecule has 0 radical (unpaired) electrons. The van der Waals surface area contributed by atoms with E-state index in [1.807, 2.05) is 6.07 Å². The third-order valence-electron chi connectivity index (χ3n) is 2.69. The van der Waals surface area contributed by atoms with Crippen molar-refractivity contribution < 1.29 is 17.2 Å². The lowest BCUT2D eigenvalue weighted by molar-refractivity contribution is 0.586. The van der Waals surface area contributed by atoms with E-state index < -0.39 is 27.2 Å². The van der Waals surface area contributed by atoms with Gasteiger partial charge in [0.1, 0.15) is 11.6 Å². The molecule has 0 saturated heterocycles. The Morgan fingerprint density at radius 3 is 2.30 bits per heavy atom. The summed E-state index contributed by atoms with van der Waals surface area (Å²) in [7, 11) is -3.79. The standard InChI is InChI=1S/C14H9F2NO2S/c15-12-2-4-13(5-3-12)20(18,19)9-11-7-10(8-17)1-6-14(11)16/h1-7H,9H2. The second-order valence-electron chi connectivity index (χ2n) is 4.13. The highest BCUT2D eigenvalue weighted by atomic mass is 32.2. The van der Waals surface area contributed by atoms with Crippen molar-refractivity contribution in [1.82, 2.24) is 0 Å². The first-order chi connectivity index (χ1) is 9.42. The maximum atomic E-state index is 13.6. The van der Waals surface area contributed by atoms with Crippen LogP contribution in [0.15, 0.2) is 47.4 Å². The summed E-state index contributed by atoms with van der Waals surface area (Å²) in [4.78, 5) is -0.0966. The lowest BCUT2D eigenvalue weighted by Gasteiger charge is -2.06. The van der Waals surface area contributed by atoms with Crippen molar-refractivity contribution in [2.24, 2.45) is 0 Å². The van der Waals surface area contributed by atoms with Crippen LogP contribution in [0.4, 0.5) is 8.78 Å². The first-order valence-corrected chi connectivity index (χ1v) is 7.24. The van der Waals surface area contributed by atoms with Crippen molar-refractivity contribution in [3.05, 3.63) is 65.2 Å². The van der Waals surface area contributed by atoms with E-state index in [0.717, 1.165) is 30.3 Å². The summed E-state index contributed by atoms with van der Waals surface area (Å²) in [6, 6.07) is 9.61. The van der Waals surface area contributed by atoms with E-state index in [0.29, 0.717) is 0 Å². The van der Waals surface area contributed by atoms with Gasteiger partial charge in [0, 0.05) is 5.56 Å². The first kappa shape index (κ1) is 14.2. The molecule has 2 aromatic carbocycles. The average Bonchev–Trinajstić information content (AvgIpc) is 2.41. The summed E-state index contributed by atoms with van der Waals surface area (Å²) >= 11 is 0. The van der Waals surface area contributed by atoms with Gasteiger partial charge in [-0.15, -0.1) is 0 Å². The molecule has 0 spiro atoms. The van der Waals surface area contributed by atoms with E-state index in [1.54, 1.807) is 0 Å². The predicted molar refractivity (Wildman–Crippen MR) is 68.4 cm³/mol. The Morgan fingerprint density at radius 1 is 1.05 bits per heavy atom. The number of rotatable bonds is 3. The van der Waals surface area contributed by atoms with Gasteiger partial charge in [0.05, 0.1) is 22.3 Å². The van der Waals surface area contributed by atoms with E-state index in [1.165, 1.54) is 12.1 Å². The van der Waals surface area contributed by atoms with Crippen LogP contribution in [-0.4, -0.2) is 8.42 Å². The molecule has 20 heavy (non-hydrogen) atoms. The number of hydrogen-bond donors (Lipinski definition) is 0. The van der Waals surface area contributed by atoms with Gasteiger partial charge < -0.3 is 0 Å². The molecule has 0 aliphatic carbocycles. The fourth-order valence-electron chi connectivity index (χ4n) is 1.68. The fourth-order valence-corrected chi connectivity index (χ4v) is 3.03. The quantitative estimate of drug-likeness (QED) is 0.818.